The summed E-state index contributed by atoms with van der Waals surface area (Å²) in [5, 5.41) is 7.29. The van der Waals surface area contributed by atoms with Crippen LogP contribution in [0.5, 0.6) is 0 Å². The van der Waals surface area contributed by atoms with E-state index in [9.17, 15) is 4.79 Å². The Morgan fingerprint density at radius 2 is 1.88 bits per heavy atom. The van der Waals surface area contributed by atoms with Gasteiger partial charge in [0.2, 0.25) is 0 Å². The van der Waals surface area contributed by atoms with Gasteiger partial charge in [-0.2, -0.15) is 5.26 Å². The summed E-state index contributed by atoms with van der Waals surface area (Å²) >= 11 is 0. The van der Waals surface area contributed by atoms with Crippen molar-refractivity contribution in [1.29, 1.82) is 0 Å². The summed E-state index contributed by atoms with van der Waals surface area (Å²) in [4.78, 5) is 21.3. The maximum Gasteiger partial charge on any atom is 0.339 e. The van der Waals surface area contributed by atoms with Crippen LogP contribution in [0, 0.1) is 0 Å². The molecule has 8 heavy (non-hydrogen) atoms. The molecule has 0 aromatic carbocycles. The maximum absolute atomic E-state index is 9.34. The fourth-order valence-corrected chi connectivity index (χ4v) is 0. The number of hydrogen-bond donors (Lipinski definition) is 1. The molecule has 0 spiro atoms. The molecule has 48 valence electrons. The molecule has 0 aliphatic rings. The fourth-order valence-electron chi connectivity index (χ4n) is 0. The lowest BCUT2D eigenvalue weighted by atomic mass is 10.9. The highest BCUT2D eigenvalue weighted by Crippen LogP contribution is 1.59. The zero-order valence-electron chi connectivity index (χ0n) is 4.75. The molecule has 0 atom stereocenters. The first-order valence-corrected chi connectivity index (χ1v) is 1.90. The minimum atomic E-state index is -0.690. The van der Waals surface area contributed by atoms with Gasteiger partial charge in [-0.25, -0.2) is 4.79 Å². The van der Waals surface area contributed by atoms with Gasteiger partial charge in [-0.3, -0.25) is 0 Å². The van der Waals surface area contributed by atoms with Gasteiger partial charge < -0.3 is 9.68 Å². The Bertz CT molecular complexity index is 68.4. The number of carbonyl (C=O) groups is 2. The van der Waals surface area contributed by atoms with Gasteiger partial charge in [-0.05, 0) is 6.92 Å². The van der Waals surface area contributed by atoms with Crippen LogP contribution in [-0.2, 0) is 14.5 Å². The third-order valence-electron chi connectivity index (χ3n) is 0.129. The lowest BCUT2D eigenvalue weighted by molar-refractivity contribution is -0.231. The van der Waals surface area contributed by atoms with Crippen LogP contribution in [0.4, 0.5) is 0 Å². The first-order valence-electron chi connectivity index (χ1n) is 1.90. The van der Waals surface area contributed by atoms with Gasteiger partial charge in [-0.15, -0.1) is 0 Å². The smallest absolute Gasteiger partial charge is 0.304 e. The second kappa shape index (κ2) is 9.44. The van der Waals surface area contributed by atoms with Crippen LogP contribution < -0.4 is 0 Å². The molecule has 0 aliphatic heterocycles. The molecule has 0 aliphatic carbocycles. The maximum atomic E-state index is 9.34. The van der Waals surface area contributed by atoms with E-state index in [2.05, 4.69) is 4.89 Å². The van der Waals surface area contributed by atoms with Crippen LogP contribution in [0.15, 0.2) is 0 Å². The summed E-state index contributed by atoms with van der Waals surface area (Å²) in [7, 11) is 0. The lowest BCUT2D eigenvalue weighted by Crippen LogP contribution is -1.89. The van der Waals surface area contributed by atoms with Gasteiger partial charge in [0, 0.05) is 6.92 Å². The van der Waals surface area contributed by atoms with Gasteiger partial charge >= 0.3 is 5.97 Å². The van der Waals surface area contributed by atoms with E-state index in [-0.39, 0.29) is 0 Å². The monoisotopic (exact) mass is 120 g/mol. The molecular weight excluding hydrogens is 112 g/mol. The highest BCUT2D eigenvalue weighted by atomic mass is 17.1. The number of rotatable bonds is 0. The van der Waals surface area contributed by atoms with E-state index in [4.69, 9.17) is 10.1 Å². The van der Waals surface area contributed by atoms with Crippen molar-refractivity contribution in [3.8, 4) is 0 Å². The van der Waals surface area contributed by atoms with Crippen molar-refractivity contribution < 1.29 is 19.7 Å². The lowest BCUT2D eigenvalue weighted by Gasteiger charge is -1.76. The van der Waals surface area contributed by atoms with Crippen LogP contribution in [0.3, 0.4) is 0 Å². The van der Waals surface area contributed by atoms with Crippen molar-refractivity contribution in [1.82, 2.24) is 0 Å². The highest BCUT2D eigenvalue weighted by Gasteiger charge is 1.79. The molecular formula is C4H8O4. The van der Waals surface area contributed by atoms with Crippen molar-refractivity contribution in [2.45, 2.75) is 13.8 Å². The van der Waals surface area contributed by atoms with Crippen molar-refractivity contribution >= 4 is 12.3 Å². The molecule has 0 saturated carbocycles. The Balaban J connectivity index is 0. The quantitative estimate of drug-likeness (QED) is 0.282. The normalized spacial score (nSPS) is 5.88. The van der Waals surface area contributed by atoms with E-state index in [1.807, 2.05) is 0 Å². The van der Waals surface area contributed by atoms with Gasteiger partial charge in [0.05, 0.1) is 0 Å². The van der Waals surface area contributed by atoms with E-state index in [0.29, 0.717) is 0 Å². The molecule has 0 amide bonds. The van der Waals surface area contributed by atoms with E-state index in [1.54, 1.807) is 0 Å². The molecule has 0 bridgehead atoms. The van der Waals surface area contributed by atoms with Gasteiger partial charge in [0.1, 0.15) is 6.29 Å². The Morgan fingerprint density at radius 3 is 1.88 bits per heavy atom. The highest BCUT2D eigenvalue weighted by molar-refractivity contribution is 5.64. The molecule has 0 fully saturated rings. The second-order valence-electron chi connectivity index (χ2n) is 0.819. The van der Waals surface area contributed by atoms with E-state index in [1.165, 1.54) is 6.92 Å². The largest absolute Gasteiger partial charge is 0.339 e. The van der Waals surface area contributed by atoms with Crippen LogP contribution in [-0.4, -0.2) is 17.5 Å². The molecule has 0 aromatic heterocycles. The number of hydrogen-bond acceptors (Lipinski definition) is 4. The van der Waals surface area contributed by atoms with E-state index >= 15 is 0 Å². The Morgan fingerprint density at radius 1 is 1.75 bits per heavy atom. The van der Waals surface area contributed by atoms with Crippen molar-refractivity contribution in [2.75, 3.05) is 0 Å². The van der Waals surface area contributed by atoms with Crippen LogP contribution in [0.25, 0.3) is 0 Å². The molecule has 4 heteroatoms. The third kappa shape index (κ3) is 70.9. The average Bonchev–Trinajstić information content (AvgIpc) is 1.69. The topological polar surface area (TPSA) is 63.6 Å². The first-order chi connectivity index (χ1) is 3.68. The number of aldehydes is 1. The zero-order chi connectivity index (χ0) is 6.99. The molecule has 0 radical (unpaired) electrons. The standard InChI is InChI=1S/C2H4O3.C2H4O/c1-2(3)5-4;1-2-3/h4H,1H3;2H,1H3. The predicted octanol–water partition coefficient (Wildman–Crippen LogP) is 0.228. The Labute approximate surface area is 47.0 Å². The summed E-state index contributed by atoms with van der Waals surface area (Å²) in [6.07, 6.45) is 0.750. The van der Waals surface area contributed by atoms with E-state index < -0.39 is 5.97 Å². The summed E-state index contributed by atoms with van der Waals surface area (Å²) in [5.41, 5.74) is 0. The fraction of sp³-hybridized carbons (Fsp3) is 0.500. The third-order valence-corrected chi connectivity index (χ3v) is 0.129. The summed E-state index contributed by atoms with van der Waals surface area (Å²) < 4.78 is 0. The molecule has 0 unspecified atom stereocenters. The Hall–Kier alpha value is -0.900. The second-order valence-corrected chi connectivity index (χ2v) is 0.819. The molecule has 0 saturated heterocycles. The molecule has 0 rings (SSSR count). The minimum absolute atomic E-state index is 0.690. The van der Waals surface area contributed by atoms with Gasteiger partial charge in [-0.1, -0.05) is 0 Å². The zero-order valence-corrected chi connectivity index (χ0v) is 4.75. The van der Waals surface area contributed by atoms with Crippen molar-refractivity contribution in [2.24, 2.45) is 0 Å². The summed E-state index contributed by atoms with van der Waals surface area (Å²) in [6, 6.07) is 0. The molecule has 0 aromatic rings. The average molecular weight is 120 g/mol. The van der Waals surface area contributed by atoms with Crippen LogP contribution in [0.2, 0.25) is 0 Å². The van der Waals surface area contributed by atoms with Crippen LogP contribution in [0.1, 0.15) is 13.8 Å². The molecule has 0 heterocycles. The first kappa shape index (κ1) is 10.2. The predicted molar refractivity (Wildman–Crippen MR) is 26.1 cm³/mol. The van der Waals surface area contributed by atoms with Gasteiger partial charge in [0.15, 0.2) is 0 Å². The summed E-state index contributed by atoms with van der Waals surface area (Å²) in [5.74, 6) is -0.690. The molecule has 1 N–H and O–H groups in total. The van der Waals surface area contributed by atoms with Crippen molar-refractivity contribution in [3.05, 3.63) is 0 Å². The van der Waals surface area contributed by atoms with Gasteiger partial charge in [0.25, 0.3) is 0 Å². The minimum Gasteiger partial charge on any atom is -0.304 e. The van der Waals surface area contributed by atoms with Crippen molar-refractivity contribution in [3.63, 3.8) is 0 Å². The summed E-state index contributed by atoms with van der Waals surface area (Å²) in [6.45, 7) is 2.56. The van der Waals surface area contributed by atoms with E-state index in [0.717, 1.165) is 13.2 Å². The number of carbonyl (C=O) groups excluding carboxylic acids is 2. The molecule has 4 nitrogen and oxygen atoms in total. The Kier molecular flexibility index (Phi) is 12.0. The SMILES string of the molecule is CC(=O)OO.CC=O. The van der Waals surface area contributed by atoms with Crippen LogP contribution >= 0.6 is 0 Å².